The molecule has 2 aromatic rings. The van der Waals surface area contributed by atoms with E-state index in [1.807, 2.05) is 13.8 Å². The highest BCUT2D eigenvalue weighted by Crippen LogP contribution is 2.18. The van der Waals surface area contributed by atoms with Crippen LogP contribution in [0.25, 0.3) is 0 Å². The van der Waals surface area contributed by atoms with Crippen molar-refractivity contribution in [1.29, 1.82) is 0 Å². The van der Waals surface area contributed by atoms with Gasteiger partial charge >= 0.3 is 5.97 Å². The van der Waals surface area contributed by atoms with Crippen LogP contribution in [-0.2, 0) is 13.6 Å². The maximum absolute atomic E-state index is 12.5. The molecular weight excluding hydrogens is 298 g/mol. The molecule has 2 aromatic heterocycles. The van der Waals surface area contributed by atoms with Crippen LogP contribution in [0.3, 0.4) is 0 Å². The van der Waals surface area contributed by atoms with Crippen molar-refractivity contribution in [1.82, 2.24) is 14.7 Å². The van der Waals surface area contributed by atoms with Gasteiger partial charge in [-0.1, -0.05) is 13.8 Å². The van der Waals surface area contributed by atoms with Crippen LogP contribution >= 0.6 is 0 Å². The number of rotatable bonds is 5. The molecule has 0 aliphatic carbocycles. The van der Waals surface area contributed by atoms with Crippen LogP contribution < -0.4 is 0 Å². The third kappa shape index (κ3) is 3.44. The van der Waals surface area contributed by atoms with Gasteiger partial charge in [-0.05, 0) is 25.0 Å². The molecule has 7 heteroatoms. The van der Waals surface area contributed by atoms with Gasteiger partial charge in [0, 0.05) is 19.8 Å². The molecule has 0 aliphatic rings. The number of nitrogens with zero attached hydrogens (tertiary/aromatic N) is 3. The minimum Gasteiger partial charge on any atom is -0.478 e. The lowest BCUT2D eigenvalue weighted by molar-refractivity contribution is 0.0694. The smallest absolute Gasteiger partial charge is 0.339 e. The molecule has 23 heavy (non-hydrogen) atoms. The number of hydrogen-bond donors (Lipinski definition) is 1. The summed E-state index contributed by atoms with van der Waals surface area (Å²) in [6.45, 7) is 5.84. The van der Waals surface area contributed by atoms with Crippen molar-refractivity contribution >= 4 is 11.9 Å². The summed E-state index contributed by atoms with van der Waals surface area (Å²) >= 11 is 0. The summed E-state index contributed by atoms with van der Waals surface area (Å²) in [6.07, 6.45) is 0. The first-order valence-corrected chi connectivity index (χ1v) is 7.32. The maximum Gasteiger partial charge on any atom is 0.339 e. The Kier molecular flexibility index (Phi) is 4.58. The monoisotopic (exact) mass is 319 g/mol. The van der Waals surface area contributed by atoms with Gasteiger partial charge in [0.1, 0.15) is 17.1 Å². The number of carbonyl (C=O) groups is 2. The molecule has 0 unspecified atom stereocenters. The lowest BCUT2D eigenvalue weighted by atomic mass is 10.1. The zero-order chi connectivity index (χ0) is 17.3. The summed E-state index contributed by atoms with van der Waals surface area (Å²) in [4.78, 5) is 24.9. The van der Waals surface area contributed by atoms with E-state index in [0.717, 1.165) is 5.69 Å². The lowest BCUT2D eigenvalue weighted by Crippen LogP contribution is -2.26. The van der Waals surface area contributed by atoms with Crippen molar-refractivity contribution in [3.05, 3.63) is 40.6 Å². The minimum atomic E-state index is -1.04. The van der Waals surface area contributed by atoms with Crippen LogP contribution in [0.1, 0.15) is 57.8 Å². The lowest BCUT2D eigenvalue weighted by Gasteiger charge is -2.13. The first kappa shape index (κ1) is 16.8. The third-order valence-corrected chi connectivity index (χ3v) is 3.67. The van der Waals surface area contributed by atoms with Gasteiger partial charge in [-0.15, -0.1) is 0 Å². The molecule has 124 valence electrons. The van der Waals surface area contributed by atoms with Gasteiger partial charge in [-0.25, -0.2) is 4.79 Å². The summed E-state index contributed by atoms with van der Waals surface area (Å²) in [7, 11) is 3.44. The van der Waals surface area contributed by atoms with Gasteiger partial charge in [-0.2, -0.15) is 5.10 Å². The molecule has 0 saturated carbocycles. The highest BCUT2D eigenvalue weighted by atomic mass is 16.4. The van der Waals surface area contributed by atoms with E-state index in [0.29, 0.717) is 17.2 Å². The summed E-state index contributed by atoms with van der Waals surface area (Å²) in [5.74, 6) is -0.259. The highest BCUT2D eigenvalue weighted by molar-refractivity contribution is 5.92. The number of hydrogen-bond acceptors (Lipinski definition) is 4. The molecule has 0 radical (unpaired) electrons. The van der Waals surface area contributed by atoms with Crippen LogP contribution in [-0.4, -0.2) is 38.7 Å². The van der Waals surface area contributed by atoms with Crippen LogP contribution in [0.4, 0.5) is 0 Å². The van der Waals surface area contributed by atoms with Crippen LogP contribution in [0.2, 0.25) is 0 Å². The molecule has 0 bridgehead atoms. The second-order valence-electron chi connectivity index (χ2n) is 5.88. The van der Waals surface area contributed by atoms with Crippen LogP contribution in [0, 0.1) is 6.92 Å². The van der Waals surface area contributed by atoms with E-state index in [9.17, 15) is 9.59 Å². The number of carboxylic acid groups (broad SMARTS) is 1. The third-order valence-electron chi connectivity index (χ3n) is 3.67. The zero-order valence-corrected chi connectivity index (χ0v) is 14.0. The molecule has 0 fully saturated rings. The minimum absolute atomic E-state index is 0.112. The first-order chi connectivity index (χ1) is 10.7. The van der Waals surface area contributed by atoms with E-state index in [1.165, 1.54) is 11.0 Å². The maximum atomic E-state index is 12.5. The van der Waals surface area contributed by atoms with Gasteiger partial charge < -0.3 is 14.4 Å². The van der Waals surface area contributed by atoms with E-state index >= 15 is 0 Å². The number of aryl methyl sites for hydroxylation is 2. The standard InChI is InChI=1S/C16H21N3O4/c1-9(2)14-7-13(17-19(14)5)15(20)18(4)8-11-6-12(16(21)22)10(3)23-11/h6-7,9H,8H2,1-5H3,(H,21,22). The average molecular weight is 319 g/mol. The van der Waals surface area contributed by atoms with Gasteiger partial charge in [0.15, 0.2) is 5.69 Å². The Morgan fingerprint density at radius 3 is 2.52 bits per heavy atom. The Morgan fingerprint density at radius 2 is 2.04 bits per heavy atom. The molecular formula is C16H21N3O4. The molecule has 2 rings (SSSR count). The largest absolute Gasteiger partial charge is 0.478 e. The molecule has 1 amide bonds. The van der Waals surface area contributed by atoms with E-state index in [2.05, 4.69) is 5.10 Å². The molecule has 0 saturated heterocycles. The fourth-order valence-corrected chi connectivity index (χ4v) is 2.46. The summed E-state index contributed by atoms with van der Waals surface area (Å²) in [5, 5.41) is 13.3. The Hall–Kier alpha value is -2.57. The Labute approximate surface area is 134 Å². The molecule has 0 atom stereocenters. The molecule has 7 nitrogen and oxygen atoms in total. The summed E-state index contributed by atoms with van der Waals surface area (Å²) in [5.41, 5.74) is 1.45. The molecule has 2 heterocycles. The first-order valence-electron chi connectivity index (χ1n) is 7.32. The number of carbonyl (C=O) groups excluding carboxylic acids is 1. The number of carboxylic acids is 1. The van der Waals surface area contributed by atoms with E-state index in [-0.39, 0.29) is 23.9 Å². The molecule has 0 aromatic carbocycles. The van der Waals surface area contributed by atoms with Crippen molar-refractivity contribution in [2.45, 2.75) is 33.2 Å². The van der Waals surface area contributed by atoms with Gasteiger partial charge in [0.05, 0.1) is 6.54 Å². The van der Waals surface area contributed by atoms with Crippen molar-refractivity contribution in [3.8, 4) is 0 Å². The number of aromatic nitrogens is 2. The van der Waals surface area contributed by atoms with Crippen molar-refractivity contribution in [2.75, 3.05) is 7.05 Å². The SMILES string of the molecule is Cc1oc(CN(C)C(=O)c2cc(C(C)C)n(C)n2)cc1C(=O)O. The summed E-state index contributed by atoms with van der Waals surface area (Å²) < 4.78 is 7.10. The molecule has 0 spiro atoms. The highest BCUT2D eigenvalue weighted by Gasteiger charge is 2.21. The fraction of sp³-hybridized carbons (Fsp3) is 0.438. The second kappa shape index (κ2) is 6.28. The number of furan rings is 1. The Morgan fingerprint density at radius 1 is 1.39 bits per heavy atom. The van der Waals surface area contributed by atoms with Crippen LogP contribution in [0.15, 0.2) is 16.5 Å². The quantitative estimate of drug-likeness (QED) is 0.914. The van der Waals surface area contributed by atoms with E-state index in [1.54, 1.807) is 31.8 Å². The second-order valence-corrected chi connectivity index (χ2v) is 5.88. The molecule has 0 aliphatic heterocycles. The van der Waals surface area contributed by atoms with Gasteiger partial charge in [0.25, 0.3) is 5.91 Å². The van der Waals surface area contributed by atoms with Crippen LogP contribution in [0.5, 0.6) is 0 Å². The van der Waals surface area contributed by atoms with Crippen molar-refractivity contribution in [2.24, 2.45) is 7.05 Å². The average Bonchev–Trinajstić information content (AvgIpc) is 3.01. The Bertz CT molecular complexity index is 743. The predicted molar refractivity (Wildman–Crippen MR) is 83.5 cm³/mol. The normalized spacial score (nSPS) is 11.0. The fourth-order valence-electron chi connectivity index (χ4n) is 2.46. The van der Waals surface area contributed by atoms with E-state index < -0.39 is 5.97 Å². The van der Waals surface area contributed by atoms with Crippen molar-refractivity contribution in [3.63, 3.8) is 0 Å². The zero-order valence-electron chi connectivity index (χ0n) is 14.0. The summed E-state index contributed by atoms with van der Waals surface area (Å²) in [6, 6.07) is 3.22. The molecule has 1 N–H and O–H groups in total. The van der Waals surface area contributed by atoms with E-state index in [4.69, 9.17) is 9.52 Å². The topological polar surface area (TPSA) is 88.6 Å². The van der Waals surface area contributed by atoms with Crippen molar-refractivity contribution < 1.29 is 19.1 Å². The predicted octanol–water partition coefficient (Wildman–Crippen LogP) is 2.42. The number of amides is 1. The van der Waals surface area contributed by atoms with Gasteiger partial charge in [-0.3, -0.25) is 9.48 Å². The Balaban J connectivity index is 2.15. The van der Waals surface area contributed by atoms with Gasteiger partial charge in [0.2, 0.25) is 0 Å². The number of aromatic carboxylic acids is 1.